The number of carbonyl (C=O) groups is 1. The summed E-state index contributed by atoms with van der Waals surface area (Å²) in [6.07, 6.45) is 0.285. The predicted octanol–water partition coefficient (Wildman–Crippen LogP) is 2.98. The van der Waals surface area contributed by atoms with Crippen LogP contribution in [0.5, 0.6) is 0 Å². The SMILES string of the molecule is CC1OCC(C)(C)N1C(=O)Cc1ccc(Br)cc1. The Balaban J connectivity index is 2.10. The van der Waals surface area contributed by atoms with Crippen LogP contribution in [0.25, 0.3) is 0 Å². The first-order valence-corrected chi connectivity index (χ1v) is 6.88. The van der Waals surface area contributed by atoms with E-state index in [1.807, 2.05) is 49.9 Å². The number of carbonyl (C=O) groups excluding carboxylic acids is 1. The van der Waals surface area contributed by atoms with Crippen molar-refractivity contribution < 1.29 is 9.53 Å². The Morgan fingerprint density at radius 1 is 1.44 bits per heavy atom. The highest BCUT2D eigenvalue weighted by molar-refractivity contribution is 9.10. The van der Waals surface area contributed by atoms with Gasteiger partial charge >= 0.3 is 0 Å². The molecular formula is C14H18BrNO2. The first-order valence-electron chi connectivity index (χ1n) is 6.08. The number of ether oxygens (including phenoxy) is 1. The van der Waals surface area contributed by atoms with Crippen LogP contribution >= 0.6 is 15.9 Å². The molecule has 0 radical (unpaired) electrons. The lowest BCUT2D eigenvalue weighted by atomic mass is 10.0. The fraction of sp³-hybridized carbons (Fsp3) is 0.500. The molecule has 1 heterocycles. The topological polar surface area (TPSA) is 29.5 Å². The van der Waals surface area contributed by atoms with Gasteiger partial charge in [-0.3, -0.25) is 4.79 Å². The van der Waals surface area contributed by atoms with E-state index in [9.17, 15) is 4.79 Å². The van der Waals surface area contributed by atoms with E-state index < -0.39 is 0 Å². The van der Waals surface area contributed by atoms with Gasteiger partial charge in [-0.1, -0.05) is 28.1 Å². The van der Waals surface area contributed by atoms with Crippen LogP contribution in [0.3, 0.4) is 0 Å². The molecule has 2 rings (SSSR count). The fourth-order valence-corrected chi connectivity index (χ4v) is 2.63. The van der Waals surface area contributed by atoms with E-state index >= 15 is 0 Å². The first-order chi connectivity index (χ1) is 8.40. The van der Waals surface area contributed by atoms with Gasteiger partial charge in [-0.05, 0) is 38.5 Å². The maximum atomic E-state index is 12.4. The number of halogens is 1. The van der Waals surface area contributed by atoms with Gasteiger partial charge in [0.15, 0.2) is 0 Å². The van der Waals surface area contributed by atoms with Crippen molar-refractivity contribution >= 4 is 21.8 Å². The molecule has 1 fully saturated rings. The van der Waals surface area contributed by atoms with Crippen LogP contribution in [-0.4, -0.2) is 29.2 Å². The molecule has 1 unspecified atom stereocenters. The second kappa shape index (κ2) is 5.02. The summed E-state index contributed by atoms with van der Waals surface area (Å²) >= 11 is 3.39. The molecule has 0 aromatic heterocycles. The monoisotopic (exact) mass is 311 g/mol. The Morgan fingerprint density at radius 2 is 2.06 bits per heavy atom. The van der Waals surface area contributed by atoms with Crippen LogP contribution < -0.4 is 0 Å². The summed E-state index contributed by atoms with van der Waals surface area (Å²) in [5.74, 6) is 0.118. The largest absolute Gasteiger partial charge is 0.356 e. The van der Waals surface area contributed by atoms with Gasteiger partial charge in [0.1, 0.15) is 6.23 Å². The molecule has 4 heteroatoms. The van der Waals surface area contributed by atoms with Crippen LogP contribution in [0.4, 0.5) is 0 Å². The molecular weight excluding hydrogens is 294 g/mol. The molecule has 0 N–H and O–H groups in total. The second-order valence-electron chi connectivity index (χ2n) is 5.29. The third kappa shape index (κ3) is 2.75. The van der Waals surface area contributed by atoms with Crippen LogP contribution in [0.1, 0.15) is 26.3 Å². The van der Waals surface area contributed by atoms with Crippen molar-refractivity contribution in [3.63, 3.8) is 0 Å². The van der Waals surface area contributed by atoms with Crippen LogP contribution in [0, 0.1) is 0 Å². The molecule has 0 aliphatic carbocycles. The summed E-state index contributed by atoms with van der Waals surface area (Å²) in [6, 6.07) is 7.85. The molecule has 1 aliphatic heterocycles. The Labute approximate surface area is 116 Å². The summed E-state index contributed by atoms with van der Waals surface area (Å²) in [5, 5.41) is 0. The Bertz CT molecular complexity index is 442. The van der Waals surface area contributed by atoms with Gasteiger partial charge in [0.05, 0.1) is 18.6 Å². The number of nitrogens with zero attached hydrogens (tertiary/aromatic N) is 1. The summed E-state index contributed by atoms with van der Waals surface area (Å²) in [6.45, 7) is 6.60. The van der Waals surface area contributed by atoms with Gasteiger partial charge < -0.3 is 9.64 Å². The van der Waals surface area contributed by atoms with Crippen LogP contribution in [-0.2, 0) is 16.0 Å². The number of hydrogen-bond donors (Lipinski definition) is 0. The molecule has 1 atom stereocenters. The average Bonchev–Trinajstić information content (AvgIpc) is 2.56. The standard InChI is InChI=1S/C14H18BrNO2/c1-10-16(14(2,3)9-18-10)13(17)8-11-4-6-12(15)7-5-11/h4-7,10H,8-9H2,1-3H3. The lowest BCUT2D eigenvalue weighted by Gasteiger charge is -2.32. The molecule has 1 amide bonds. The van der Waals surface area contributed by atoms with E-state index in [-0.39, 0.29) is 17.7 Å². The maximum Gasteiger partial charge on any atom is 0.229 e. The first kappa shape index (κ1) is 13.6. The van der Waals surface area contributed by atoms with Crippen molar-refractivity contribution in [1.29, 1.82) is 0 Å². The van der Waals surface area contributed by atoms with E-state index in [0.29, 0.717) is 13.0 Å². The highest BCUT2D eigenvalue weighted by Crippen LogP contribution is 2.27. The minimum Gasteiger partial charge on any atom is -0.356 e. The van der Waals surface area contributed by atoms with Gasteiger partial charge in [-0.25, -0.2) is 0 Å². The van der Waals surface area contributed by atoms with Crippen molar-refractivity contribution in [3.8, 4) is 0 Å². The fourth-order valence-electron chi connectivity index (χ4n) is 2.36. The minimum absolute atomic E-state index is 0.118. The molecule has 1 aromatic carbocycles. The summed E-state index contributed by atoms with van der Waals surface area (Å²) in [7, 11) is 0. The molecule has 1 saturated heterocycles. The highest BCUT2D eigenvalue weighted by atomic mass is 79.9. The summed E-state index contributed by atoms with van der Waals surface area (Å²) < 4.78 is 6.58. The normalized spacial score (nSPS) is 22.2. The van der Waals surface area contributed by atoms with E-state index in [4.69, 9.17) is 4.74 Å². The van der Waals surface area contributed by atoms with Crippen molar-refractivity contribution in [3.05, 3.63) is 34.3 Å². The van der Waals surface area contributed by atoms with Gasteiger partial charge in [0, 0.05) is 4.47 Å². The van der Waals surface area contributed by atoms with Crippen molar-refractivity contribution in [1.82, 2.24) is 4.90 Å². The zero-order valence-electron chi connectivity index (χ0n) is 10.9. The smallest absolute Gasteiger partial charge is 0.229 e. The lowest BCUT2D eigenvalue weighted by molar-refractivity contribution is -0.138. The third-order valence-electron chi connectivity index (χ3n) is 3.23. The zero-order chi connectivity index (χ0) is 13.3. The maximum absolute atomic E-state index is 12.4. The average molecular weight is 312 g/mol. The van der Waals surface area contributed by atoms with Crippen molar-refractivity contribution in [2.45, 2.75) is 39.0 Å². The zero-order valence-corrected chi connectivity index (χ0v) is 12.5. The lowest BCUT2D eigenvalue weighted by Crippen LogP contribution is -2.48. The van der Waals surface area contributed by atoms with Crippen molar-refractivity contribution in [2.75, 3.05) is 6.61 Å². The quantitative estimate of drug-likeness (QED) is 0.840. The molecule has 0 bridgehead atoms. The number of benzene rings is 1. The summed E-state index contributed by atoms with van der Waals surface area (Å²) in [5.41, 5.74) is 0.810. The molecule has 0 saturated carbocycles. The predicted molar refractivity (Wildman–Crippen MR) is 74.2 cm³/mol. The second-order valence-corrected chi connectivity index (χ2v) is 6.21. The van der Waals surface area contributed by atoms with Crippen LogP contribution in [0.15, 0.2) is 28.7 Å². The molecule has 0 spiro atoms. The minimum atomic E-state index is -0.216. The Kier molecular flexibility index (Phi) is 3.78. The van der Waals surface area contributed by atoms with Gasteiger partial charge in [-0.2, -0.15) is 0 Å². The van der Waals surface area contributed by atoms with Gasteiger partial charge in [0.25, 0.3) is 0 Å². The molecule has 18 heavy (non-hydrogen) atoms. The summed E-state index contributed by atoms with van der Waals surface area (Å²) in [4.78, 5) is 14.2. The van der Waals surface area contributed by atoms with Crippen LogP contribution in [0.2, 0.25) is 0 Å². The molecule has 1 aliphatic rings. The van der Waals surface area contributed by atoms with Crippen molar-refractivity contribution in [2.24, 2.45) is 0 Å². The highest BCUT2D eigenvalue weighted by Gasteiger charge is 2.40. The van der Waals surface area contributed by atoms with E-state index in [0.717, 1.165) is 10.0 Å². The van der Waals surface area contributed by atoms with E-state index in [1.165, 1.54) is 0 Å². The number of hydrogen-bond acceptors (Lipinski definition) is 2. The Morgan fingerprint density at radius 3 is 2.56 bits per heavy atom. The Hall–Kier alpha value is -0.870. The number of rotatable bonds is 2. The van der Waals surface area contributed by atoms with Gasteiger partial charge in [-0.15, -0.1) is 0 Å². The number of amides is 1. The van der Waals surface area contributed by atoms with E-state index in [1.54, 1.807) is 0 Å². The molecule has 1 aromatic rings. The molecule has 3 nitrogen and oxygen atoms in total. The van der Waals surface area contributed by atoms with E-state index in [2.05, 4.69) is 15.9 Å². The molecule has 98 valence electrons. The third-order valence-corrected chi connectivity index (χ3v) is 3.76. The van der Waals surface area contributed by atoms with Gasteiger partial charge in [0.2, 0.25) is 5.91 Å².